The predicted molar refractivity (Wildman–Crippen MR) is 46.9 cm³/mol. The molecule has 0 aromatic heterocycles. The van der Waals surface area contributed by atoms with E-state index in [9.17, 15) is 4.79 Å². The molecular formula is C9H17NO2. The lowest BCUT2D eigenvalue weighted by Gasteiger charge is -2.26. The van der Waals surface area contributed by atoms with Crippen LogP contribution < -0.4 is 5.32 Å². The molecule has 2 atom stereocenters. The van der Waals surface area contributed by atoms with Crippen LogP contribution in [-0.4, -0.2) is 24.7 Å². The van der Waals surface area contributed by atoms with E-state index in [-0.39, 0.29) is 12.0 Å². The minimum Gasteiger partial charge on any atom is -0.465 e. The molecule has 0 aromatic carbocycles. The molecule has 1 aliphatic rings. The third-order valence-electron chi connectivity index (χ3n) is 2.19. The summed E-state index contributed by atoms with van der Waals surface area (Å²) in [7, 11) is 0. The summed E-state index contributed by atoms with van der Waals surface area (Å²) in [5, 5.41) is 3.23. The van der Waals surface area contributed by atoms with Crippen molar-refractivity contribution in [2.45, 2.75) is 45.2 Å². The molecule has 3 nitrogen and oxygen atoms in total. The fraction of sp³-hybridized carbons (Fsp3) is 0.889. The normalized spacial score (nSPS) is 29.8. The summed E-state index contributed by atoms with van der Waals surface area (Å²) in [6, 6.07) is 0.391. The van der Waals surface area contributed by atoms with Crippen LogP contribution in [0.4, 0.5) is 0 Å². The number of piperidine rings is 1. The second-order valence-corrected chi connectivity index (χ2v) is 3.30. The number of carbonyl (C=O) groups excluding carboxylic acids is 1. The molecule has 0 unspecified atom stereocenters. The molecule has 70 valence electrons. The van der Waals surface area contributed by atoms with Crippen LogP contribution in [0.5, 0.6) is 0 Å². The molecule has 12 heavy (non-hydrogen) atoms. The number of hydrogen-bond acceptors (Lipinski definition) is 3. The fourth-order valence-electron chi connectivity index (χ4n) is 1.57. The zero-order chi connectivity index (χ0) is 8.97. The van der Waals surface area contributed by atoms with Crippen LogP contribution in [0.2, 0.25) is 0 Å². The first-order valence-electron chi connectivity index (χ1n) is 4.66. The van der Waals surface area contributed by atoms with Gasteiger partial charge in [0.25, 0.3) is 0 Å². The Bertz CT molecular complexity index is 159. The minimum atomic E-state index is -0.0935. The quantitative estimate of drug-likeness (QED) is 0.632. The van der Waals surface area contributed by atoms with Crippen molar-refractivity contribution in [3.05, 3.63) is 0 Å². The lowest BCUT2D eigenvalue weighted by Crippen LogP contribution is -2.46. The van der Waals surface area contributed by atoms with Gasteiger partial charge in [0, 0.05) is 6.04 Å². The van der Waals surface area contributed by atoms with E-state index in [4.69, 9.17) is 4.74 Å². The average molecular weight is 171 g/mol. The van der Waals surface area contributed by atoms with Crippen molar-refractivity contribution in [3.8, 4) is 0 Å². The van der Waals surface area contributed by atoms with E-state index in [2.05, 4.69) is 12.2 Å². The monoisotopic (exact) mass is 171 g/mol. The van der Waals surface area contributed by atoms with Crippen molar-refractivity contribution in [2.75, 3.05) is 6.61 Å². The summed E-state index contributed by atoms with van der Waals surface area (Å²) in [6.45, 7) is 4.42. The first kappa shape index (κ1) is 9.52. The minimum absolute atomic E-state index is 0.0614. The summed E-state index contributed by atoms with van der Waals surface area (Å²) >= 11 is 0. The highest BCUT2D eigenvalue weighted by Gasteiger charge is 2.24. The smallest absolute Gasteiger partial charge is 0.323 e. The maximum absolute atomic E-state index is 11.3. The maximum atomic E-state index is 11.3. The highest BCUT2D eigenvalue weighted by atomic mass is 16.5. The van der Waals surface area contributed by atoms with E-state index in [0.717, 1.165) is 19.3 Å². The second kappa shape index (κ2) is 4.45. The van der Waals surface area contributed by atoms with Crippen molar-refractivity contribution in [3.63, 3.8) is 0 Å². The Balaban J connectivity index is 2.35. The molecule has 1 rings (SSSR count). The number of nitrogens with one attached hydrogen (secondary N) is 1. The van der Waals surface area contributed by atoms with Gasteiger partial charge in [-0.15, -0.1) is 0 Å². The van der Waals surface area contributed by atoms with Gasteiger partial charge in [0.15, 0.2) is 0 Å². The number of hydrogen-bond donors (Lipinski definition) is 1. The van der Waals surface area contributed by atoms with E-state index in [0.29, 0.717) is 12.6 Å². The van der Waals surface area contributed by atoms with Crippen LogP contribution in [0.15, 0.2) is 0 Å². The Kier molecular flexibility index (Phi) is 3.53. The molecule has 0 aliphatic carbocycles. The van der Waals surface area contributed by atoms with Gasteiger partial charge in [-0.3, -0.25) is 4.79 Å². The molecule has 0 saturated carbocycles. The summed E-state index contributed by atoms with van der Waals surface area (Å²) in [5.41, 5.74) is 0. The molecular weight excluding hydrogens is 154 g/mol. The Labute approximate surface area is 73.5 Å². The van der Waals surface area contributed by atoms with Crippen molar-refractivity contribution in [2.24, 2.45) is 0 Å². The van der Waals surface area contributed by atoms with Crippen LogP contribution in [0.25, 0.3) is 0 Å². The summed E-state index contributed by atoms with van der Waals surface area (Å²) in [5.74, 6) is -0.0935. The van der Waals surface area contributed by atoms with Gasteiger partial charge in [0.1, 0.15) is 6.04 Å². The summed E-state index contributed by atoms with van der Waals surface area (Å²) in [6.07, 6.45) is 3.21. The van der Waals surface area contributed by atoms with Gasteiger partial charge in [-0.25, -0.2) is 0 Å². The Morgan fingerprint density at radius 1 is 1.58 bits per heavy atom. The molecule has 1 heterocycles. The zero-order valence-corrected chi connectivity index (χ0v) is 7.80. The lowest BCUT2D eigenvalue weighted by molar-refractivity contribution is -0.146. The van der Waals surface area contributed by atoms with Crippen molar-refractivity contribution in [1.29, 1.82) is 0 Å². The standard InChI is InChI=1S/C9H17NO2/c1-3-12-9(11)8-6-4-5-7(2)10-8/h7-8,10H,3-6H2,1-2H3/t7-,8+/m0/s1. The molecule has 1 saturated heterocycles. The van der Waals surface area contributed by atoms with E-state index < -0.39 is 0 Å². The van der Waals surface area contributed by atoms with Crippen molar-refractivity contribution >= 4 is 5.97 Å². The van der Waals surface area contributed by atoms with Crippen LogP contribution in [-0.2, 0) is 9.53 Å². The van der Waals surface area contributed by atoms with E-state index in [1.54, 1.807) is 0 Å². The maximum Gasteiger partial charge on any atom is 0.323 e. The molecule has 0 amide bonds. The van der Waals surface area contributed by atoms with E-state index in [1.165, 1.54) is 0 Å². The molecule has 0 radical (unpaired) electrons. The fourth-order valence-corrected chi connectivity index (χ4v) is 1.57. The van der Waals surface area contributed by atoms with Gasteiger partial charge in [0.05, 0.1) is 6.61 Å². The van der Waals surface area contributed by atoms with Crippen LogP contribution in [0.1, 0.15) is 33.1 Å². The first-order chi connectivity index (χ1) is 5.74. The van der Waals surface area contributed by atoms with Gasteiger partial charge in [-0.2, -0.15) is 0 Å². The SMILES string of the molecule is CCOC(=O)[C@H]1CCC[C@H](C)N1. The molecule has 0 spiro atoms. The topological polar surface area (TPSA) is 38.3 Å². The van der Waals surface area contributed by atoms with Crippen LogP contribution >= 0.6 is 0 Å². The molecule has 0 aromatic rings. The second-order valence-electron chi connectivity index (χ2n) is 3.30. The third-order valence-corrected chi connectivity index (χ3v) is 2.19. The van der Waals surface area contributed by atoms with Crippen molar-refractivity contribution < 1.29 is 9.53 Å². The van der Waals surface area contributed by atoms with E-state index >= 15 is 0 Å². The average Bonchev–Trinajstić information content (AvgIpc) is 2.05. The summed E-state index contributed by atoms with van der Waals surface area (Å²) in [4.78, 5) is 11.3. The van der Waals surface area contributed by atoms with Gasteiger partial charge >= 0.3 is 5.97 Å². The van der Waals surface area contributed by atoms with Gasteiger partial charge in [0.2, 0.25) is 0 Å². The highest BCUT2D eigenvalue weighted by Crippen LogP contribution is 2.12. The number of rotatable bonds is 2. The Morgan fingerprint density at radius 2 is 2.33 bits per heavy atom. The summed E-state index contributed by atoms with van der Waals surface area (Å²) < 4.78 is 4.93. The van der Waals surface area contributed by atoms with Gasteiger partial charge in [-0.1, -0.05) is 0 Å². The van der Waals surface area contributed by atoms with Crippen LogP contribution in [0.3, 0.4) is 0 Å². The molecule has 1 N–H and O–H groups in total. The number of ether oxygens (including phenoxy) is 1. The number of esters is 1. The van der Waals surface area contributed by atoms with Gasteiger partial charge < -0.3 is 10.1 Å². The molecule has 1 fully saturated rings. The Hall–Kier alpha value is -0.570. The molecule has 0 bridgehead atoms. The first-order valence-corrected chi connectivity index (χ1v) is 4.66. The molecule has 1 aliphatic heterocycles. The third kappa shape index (κ3) is 2.48. The molecule has 3 heteroatoms. The van der Waals surface area contributed by atoms with Crippen LogP contribution in [0, 0.1) is 0 Å². The van der Waals surface area contributed by atoms with Crippen molar-refractivity contribution in [1.82, 2.24) is 5.32 Å². The Morgan fingerprint density at radius 3 is 2.92 bits per heavy atom. The zero-order valence-electron chi connectivity index (χ0n) is 7.80. The lowest BCUT2D eigenvalue weighted by atomic mass is 10.00. The predicted octanol–water partition coefficient (Wildman–Crippen LogP) is 1.08. The highest BCUT2D eigenvalue weighted by molar-refractivity contribution is 5.75. The van der Waals surface area contributed by atoms with E-state index in [1.807, 2.05) is 6.92 Å². The number of carbonyl (C=O) groups is 1. The van der Waals surface area contributed by atoms with Gasteiger partial charge in [-0.05, 0) is 33.1 Å². The largest absolute Gasteiger partial charge is 0.465 e.